The zero-order valence-corrected chi connectivity index (χ0v) is 12.4. The molecule has 0 aliphatic rings. The number of nitrogens with one attached hydrogen (secondary N) is 1. The molecule has 1 aromatic rings. The highest BCUT2D eigenvalue weighted by Gasteiger charge is 2.23. The smallest absolute Gasteiger partial charge is 0.308 e. The number of benzene rings is 1. The summed E-state index contributed by atoms with van der Waals surface area (Å²) < 4.78 is 0. The van der Waals surface area contributed by atoms with E-state index in [0.717, 1.165) is 6.07 Å². The first-order valence-corrected chi connectivity index (χ1v) is 6.59. The van der Waals surface area contributed by atoms with Crippen LogP contribution in [0.1, 0.15) is 13.8 Å². The predicted octanol–water partition coefficient (Wildman–Crippen LogP) is 3.67. The fourth-order valence-electron chi connectivity index (χ4n) is 1.66. The summed E-state index contributed by atoms with van der Waals surface area (Å²) in [6.45, 7) is 3.60. The third-order valence-electron chi connectivity index (χ3n) is 2.87. The molecule has 0 bridgehead atoms. The molecule has 20 heavy (non-hydrogen) atoms. The van der Waals surface area contributed by atoms with Crippen molar-refractivity contribution in [2.24, 2.45) is 11.8 Å². The summed E-state index contributed by atoms with van der Waals surface area (Å²) in [4.78, 5) is 21.4. The summed E-state index contributed by atoms with van der Waals surface area (Å²) in [5.74, 6) is -1.74. The number of hydrogen-bond acceptors (Lipinski definition) is 4. The second-order valence-electron chi connectivity index (χ2n) is 4.61. The molecular formula is C12H14Cl2N2O4. The molecular weight excluding hydrogens is 307 g/mol. The average molecular weight is 321 g/mol. The lowest BCUT2D eigenvalue weighted by Gasteiger charge is -2.17. The number of anilines is 1. The zero-order chi connectivity index (χ0) is 15.4. The second-order valence-corrected chi connectivity index (χ2v) is 5.42. The van der Waals surface area contributed by atoms with E-state index in [0.29, 0.717) is 0 Å². The Balaban J connectivity index is 3.00. The Hall–Kier alpha value is -1.53. The van der Waals surface area contributed by atoms with E-state index in [1.165, 1.54) is 6.07 Å². The highest BCUT2D eigenvalue weighted by molar-refractivity contribution is 6.42. The first-order valence-electron chi connectivity index (χ1n) is 5.84. The molecule has 0 amide bonds. The van der Waals surface area contributed by atoms with Crippen LogP contribution in [0.2, 0.25) is 10.0 Å². The average Bonchev–Trinajstić information content (AvgIpc) is 2.32. The number of rotatable bonds is 6. The third-order valence-corrected chi connectivity index (χ3v) is 3.59. The monoisotopic (exact) mass is 320 g/mol. The van der Waals surface area contributed by atoms with Gasteiger partial charge in [-0.05, 0) is 12.0 Å². The maximum absolute atomic E-state index is 11.1. The Morgan fingerprint density at radius 2 is 1.95 bits per heavy atom. The lowest BCUT2D eigenvalue weighted by molar-refractivity contribution is -0.383. The minimum atomic E-state index is -0.963. The van der Waals surface area contributed by atoms with Crippen molar-refractivity contribution in [2.75, 3.05) is 11.9 Å². The number of carboxylic acids is 1. The molecule has 0 aliphatic heterocycles. The number of carboxylic acid groups (broad SMARTS) is 1. The third kappa shape index (κ3) is 3.98. The molecule has 6 nitrogen and oxygen atoms in total. The van der Waals surface area contributed by atoms with E-state index in [-0.39, 0.29) is 33.9 Å². The van der Waals surface area contributed by atoms with Crippen molar-refractivity contribution in [3.8, 4) is 0 Å². The number of carbonyl (C=O) groups is 1. The first kappa shape index (κ1) is 16.5. The van der Waals surface area contributed by atoms with Gasteiger partial charge in [0.25, 0.3) is 5.69 Å². The molecule has 1 rings (SSSR count). The number of halogens is 2. The molecule has 110 valence electrons. The summed E-state index contributed by atoms with van der Waals surface area (Å²) >= 11 is 11.6. The molecule has 2 N–H and O–H groups in total. The molecule has 0 radical (unpaired) electrons. The summed E-state index contributed by atoms with van der Waals surface area (Å²) in [5, 5.41) is 23.0. The highest BCUT2D eigenvalue weighted by atomic mass is 35.5. The quantitative estimate of drug-likeness (QED) is 0.616. The van der Waals surface area contributed by atoms with Gasteiger partial charge in [0.05, 0.1) is 20.9 Å². The summed E-state index contributed by atoms with van der Waals surface area (Å²) in [7, 11) is 0. The van der Waals surface area contributed by atoms with Crippen LogP contribution >= 0.6 is 23.2 Å². The van der Waals surface area contributed by atoms with Crippen LogP contribution < -0.4 is 5.32 Å². The van der Waals surface area contributed by atoms with E-state index >= 15 is 0 Å². The van der Waals surface area contributed by atoms with Crippen molar-refractivity contribution in [3.05, 3.63) is 32.3 Å². The lowest BCUT2D eigenvalue weighted by atomic mass is 9.96. The van der Waals surface area contributed by atoms with Gasteiger partial charge in [0.15, 0.2) is 0 Å². The van der Waals surface area contributed by atoms with Crippen molar-refractivity contribution in [1.29, 1.82) is 0 Å². The topological polar surface area (TPSA) is 92.5 Å². The molecule has 0 saturated heterocycles. The van der Waals surface area contributed by atoms with Gasteiger partial charge in [0.2, 0.25) is 0 Å². The SMILES string of the molecule is CC(C)C(CNc1cc(Cl)c(Cl)cc1[N+](=O)[O-])C(=O)O. The molecule has 0 fully saturated rings. The van der Waals surface area contributed by atoms with Crippen LogP contribution in [0.3, 0.4) is 0 Å². The zero-order valence-electron chi connectivity index (χ0n) is 10.9. The Bertz CT molecular complexity index is 534. The Morgan fingerprint density at radius 1 is 1.40 bits per heavy atom. The van der Waals surface area contributed by atoms with Gasteiger partial charge in [0.1, 0.15) is 5.69 Å². The minimum absolute atomic E-state index is 0.0613. The number of nitrogens with zero attached hydrogens (tertiary/aromatic N) is 1. The van der Waals surface area contributed by atoms with Gasteiger partial charge in [-0.1, -0.05) is 37.0 Å². The number of nitro groups is 1. The molecule has 1 aromatic carbocycles. The van der Waals surface area contributed by atoms with E-state index in [1.54, 1.807) is 13.8 Å². The van der Waals surface area contributed by atoms with Crippen LogP contribution in [-0.2, 0) is 4.79 Å². The number of nitro benzene ring substituents is 1. The van der Waals surface area contributed by atoms with Crippen molar-refractivity contribution in [3.63, 3.8) is 0 Å². The van der Waals surface area contributed by atoms with Gasteiger partial charge in [-0.25, -0.2) is 0 Å². The van der Waals surface area contributed by atoms with Gasteiger partial charge >= 0.3 is 5.97 Å². The van der Waals surface area contributed by atoms with Crippen molar-refractivity contribution < 1.29 is 14.8 Å². The largest absolute Gasteiger partial charge is 0.481 e. The van der Waals surface area contributed by atoms with Gasteiger partial charge < -0.3 is 10.4 Å². The van der Waals surface area contributed by atoms with E-state index in [9.17, 15) is 14.9 Å². The van der Waals surface area contributed by atoms with Crippen LogP contribution in [0.4, 0.5) is 11.4 Å². The Morgan fingerprint density at radius 3 is 2.40 bits per heavy atom. The van der Waals surface area contributed by atoms with Crippen LogP contribution in [0.5, 0.6) is 0 Å². The highest BCUT2D eigenvalue weighted by Crippen LogP contribution is 2.34. The molecule has 0 aromatic heterocycles. The van der Waals surface area contributed by atoms with Gasteiger partial charge in [-0.2, -0.15) is 0 Å². The lowest BCUT2D eigenvalue weighted by Crippen LogP contribution is -2.27. The Kier molecular flexibility index (Phi) is 5.59. The van der Waals surface area contributed by atoms with Crippen molar-refractivity contribution >= 4 is 40.5 Å². The fraction of sp³-hybridized carbons (Fsp3) is 0.417. The molecule has 1 atom stereocenters. The summed E-state index contributed by atoms with van der Waals surface area (Å²) in [6.07, 6.45) is 0. The van der Waals surface area contributed by atoms with Crippen LogP contribution in [0.25, 0.3) is 0 Å². The van der Waals surface area contributed by atoms with Gasteiger partial charge in [-0.3, -0.25) is 14.9 Å². The molecule has 0 saturated carbocycles. The van der Waals surface area contributed by atoms with E-state index in [2.05, 4.69) is 5.32 Å². The van der Waals surface area contributed by atoms with Crippen LogP contribution in [0.15, 0.2) is 12.1 Å². The Labute approximate surface area is 125 Å². The van der Waals surface area contributed by atoms with Crippen molar-refractivity contribution in [1.82, 2.24) is 0 Å². The van der Waals surface area contributed by atoms with E-state index in [1.807, 2.05) is 0 Å². The molecule has 0 spiro atoms. The minimum Gasteiger partial charge on any atom is -0.481 e. The van der Waals surface area contributed by atoms with Crippen LogP contribution in [0, 0.1) is 22.0 Å². The predicted molar refractivity (Wildman–Crippen MR) is 77.6 cm³/mol. The number of hydrogen-bond donors (Lipinski definition) is 2. The normalized spacial score (nSPS) is 12.2. The first-order chi connectivity index (χ1) is 9.23. The standard InChI is InChI=1S/C12H14Cl2N2O4/c1-6(2)7(12(17)18)5-15-10-3-8(13)9(14)4-11(10)16(19)20/h3-4,6-7,15H,5H2,1-2H3,(H,17,18). The van der Waals surface area contributed by atoms with Gasteiger partial charge in [0, 0.05) is 12.6 Å². The molecule has 0 aliphatic carbocycles. The molecule has 1 unspecified atom stereocenters. The van der Waals surface area contributed by atoms with Gasteiger partial charge in [-0.15, -0.1) is 0 Å². The fourth-order valence-corrected chi connectivity index (χ4v) is 1.98. The second kappa shape index (κ2) is 6.76. The van der Waals surface area contributed by atoms with E-state index < -0.39 is 16.8 Å². The maximum atomic E-state index is 11.1. The molecule has 8 heteroatoms. The maximum Gasteiger partial charge on any atom is 0.308 e. The summed E-state index contributed by atoms with van der Waals surface area (Å²) in [5.41, 5.74) is -0.0939. The summed E-state index contributed by atoms with van der Waals surface area (Å²) in [6, 6.07) is 2.46. The molecule has 0 heterocycles. The van der Waals surface area contributed by atoms with Crippen LogP contribution in [-0.4, -0.2) is 22.5 Å². The van der Waals surface area contributed by atoms with E-state index in [4.69, 9.17) is 28.3 Å². The number of aliphatic carboxylic acids is 1. The van der Waals surface area contributed by atoms with Crippen molar-refractivity contribution in [2.45, 2.75) is 13.8 Å².